The normalized spacial score (nSPS) is 10.8. The molecule has 0 saturated carbocycles. The quantitative estimate of drug-likeness (QED) is 0.525. The van der Waals surface area contributed by atoms with E-state index in [1.165, 1.54) is 21.6 Å². The highest BCUT2D eigenvalue weighted by molar-refractivity contribution is 7.99. The first-order valence-corrected chi connectivity index (χ1v) is 9.21. The van der Waals surface area contributed by atoms with Crippen LogP contribution in [0.2, 0.25) is 0 Å². The molecule has 4 rings (SSSR count). The van der Waals surface area contributed by atoms with Crippen LogP contribution in [0.1, 0.15) is 0 Å². The molecule has 0 saturated heterocycles. The molecule has 2 heterocycles. The number of aryl methyl sites for hydroxylation is 1. The number of rotatable bonds is 4. The van der Waals surface area contributed by atoms with E-state index in [-0.39, 0.29) is 0 Å². The Morgan fingerprint density at radius 2 is 1.58 bits per heavy atom. The van der Waals surface area contributed by atoms with Gasteiger partial charge in [-0.15, -0.1) is 0 Å². The van der Waals surface area contributed by atoms with Gasteiger partial charge in [-0.25, -0.2) is 0 Å². The Balaban J connectivity index is 1.80. The van der Waals surface area contributed by atoms with Crippen molar-refractivity contribution in [3.63, 3.8) is 0 Å². The number of nitrogens with two attached hydrogens (primary N) is 1. The first-order chi connectivity index (χ1) is 12.7. The summed E-state index contributed by atoms with van der Waals surface area (Å²) >= 11 is 1.69. The fourth-order valence-corrected chi connectivity index (χ4v) is 3.97. The number of aromatic nitrogens is 2. The number of pyridine rings is 1. The summed E-state index contributed by atoms with van der Waals surface area (Å²) in [7, 11) is 1.99. The van der Waals surface area contributed by atoms with E-state index in [0.29, 0.717) is 0 Å². The third kappa shape index (κ3) is 3.37. The van der Waals surface area contributed by atoms with Crippen molar-refractivity contribution in [2.75, 3.05) is 5.73 Å². The van der Waals surface area contributed by atoms with Crippen molar-refractivity contribution >= 4 is 17.4 Å². The van der Waals surface area contributed by atoms with Crippen LogP contribution in [0.15, 0.2) is 95.2 Å². The lowest BCUT2D eigenvalue weighted by molar-refractivity contribution is 0.921. The van der Waals surface area contributed by atoms with Gasteiger partial charge in [0.25, 0.3) is 0 Å². The van der Waals surface area contributed by atoms with Gasteiger partial charge in [-0.05, 0) is 46.5 Å². The first kappa shape index (κ1) is 16.5. The highest BCUT2D eigenvalue weighted by Gasteiger charge is 2.11. The molecule has 2 N–H and O–H groups in total. The van der Waals surface area contributed by atoms with Crippen molar-refractivity contribution in [2.45, 2.75) is 9.79 Å². The maximum atomic E-state index is 6.11. The molecule has 2 aromatic carbocycles. The molecule has 128 valence electrons. The van der Waals surface area contributed by atoms with Crippen LogP contribution in [0.3, 0.4) is 0 Å². The van der Waals surface area contributed by atoms with Crippen molar-refractivity contribution < 1.29 is 0 Å². The van der Waals surface area contributed by atoms with E-state index in [0.717, 1.165) is 16.1 Å². The lowest BCUT2D eigenvalue weighted by Crippen LogP contribution is -1.87. The van der Waals surface area contributed by atoms with Gasteiger partial charge < -0.3 is 10.3 Å². The van der Waals surface area contributed by atoms with Crippen LogP contribution in [0.25, 0.3) is 22.3 Å². The van der Waals surface area contributed by atoms with Crippen molar-refractivity contribution in [1.82, 2.24) is 9.55 Å². The molecule has 0 atom stereocenters. The molecule has 0 aliphatic heterocycles. The van der Waals surface area contributed by atoms with E-state index in [4.69, 9.17) is 5.73 Å². The van der Waals surface area contributed by atoms with Crippen LogP contribution in [0.5, 0.6) is 0 Å². The number of nitrogens with zero attached hydrogens (tertiary/aromatic N) is 2. The smallest absolute Gasteiger partial charge is 0.0635 e. The summed E-state index contributed by atoms with van der Waals surface area (Å²) < 4.78 is 1.99. The van der Waals surface area contributed by atoms with Gasteiger partial charge in [-0.2, -0.15) is 0 Å². The topological polar surface area (TPSA) is 43.8 Å². The van der Waals surface area contributed by atoms with Gasteiger partial charge in [0.2, 0.25) is 0 Å². The highest BCUT2D eigenvalue weighted by Crippen LogP contribution is 2.38. The molecule has 0 spiro atoms. The zero-order valence-electron chi connectivity index (χ0n) is 14.5. The molecule has 3 nitrogen and oxygen atoms in total. The average molecular weight is 357 g/mol. The molecule has 26 heavy (non-hydrogen) atoms. The van der Waals surface area contributed by atoms with Gasteiger partial charge in [-0.1, -0.05) is 48.2 Å². The van der Waals surface area contributed by atoms with Crippen LogP contribution in [0.4, 0.5) is 5.69 Å². The van der Waals surface area contributed by atoms with Gasteiger partial charge in [-0.3, -0.25) is 4.98 Å². The van der Waals surface area contributed by atoms with Crippen LogP contribution < -0.4 is 5.73 Å². The van der Waals surface area contributed by atoms with Gasteiger partial charge in [0.15, 0.2) is 0 Å². The van der Waals surface area contributed by atoms with E-state index in [9.17, 15) is 0 Å². The first-order valence-electron chi connectivity index (χ1n) is 8.40. The fourth-order valence-electron chi connectivity index (χ4n) is 3.02. The summed E-state index contributed by atoms with van der Waals surface area (Å²) in [5, 5.41) is 0. The van der Waals surface area contributed by atoms with Gasteiger partial charge >= 0.3 is 0 Å². The van der Waals surface area contributed by atoms with E-state index in [2.05, 4.69) is 53.6 Å². The van der Waals surface area contributed by atoms with Crippen molar-refractivity contribution in [1.29, 1.82) is 0 Å². The summed E-state index contributed by atoms with van der Waals surface area (Å²) in [6, 6.07) is 21.1. The molecule has 0 radical (unpaired) electrons. The highest BCUT2D eigenvalue weighted by atomic mass is 32.2. The van der Waals surface area contributed by atoms with Crippen LogP contribution in [0, 0.1) is 0 Å². The van der Waals surface area contributed by atoms with E-state index < -0.39 is 0 Å². The summed E-state index contributed by atoms with van der Waals surface area (Å²) in [5.41, 5.74) is 11.7. The Hall–Kier alpha value is -2.98. The SMILES string of the molecule is Cn1cc(N)c(Sc2ccc(-c3ccncc3)c(-c3ccccc3)c2)c1. The number of anilines is 1. The second-order valence-corrected chi connectivity index (χ2v) is 7.27. The monoisotopic (exact) mass is 357 g/mol. The standard InChI is InChI=1S/C22H19N3S/c1-25-14-21(23)22(15-25)26-18-7-8-19(17-9-11-24-12-10-17)20(13-18)16-5-3-2-4-6-16/h2-15H,23H2,1H3. The minimum Gasteiger partial charge on any atom is -0.397 e. The summed E-state index contributed by atoms with van der Waals surface area (Å²) in [6.45, 7) is 0. The number of hydrogen-bond acceptors (Lipinski definition) is 3. The minimum atomic E-state index is 0.803. The van der Waals surface area contributed by atoms with Gasteiger partial charge in [0.05, 0.1) is 10.6 Å². The Kier molecular flexibility index (Phi) is 4.50. The van der Waals surface area contributed by atoms with Crippen LogP contribution >= 0.6 is 11.8 Å². The predicted octanol–water partition coefficient (Wildman–Crippen LogP) is 5.49. The van der Waals surface area contributed by atoms with Crippen molar-refractivity contribution in [3.05, 3.63) is 85.5 Å². The van der Waals surface area contributed by atoms with Crippen molar-refractivity contribution in [3.8, 4) is 22.3 Å². The molecule has 0 aliphatic rings. The molecule has 0 aliphatic carbocycles. The molecule has 0 amide bonds. The Bertz CT molecular complexity index is 1020. The zero-order chi connectivity index (χ0) is 17.9. The summed E-state index contributed by atoms with van der Waals surface area (Å²) in [5.74, 6) is 0. The fraction of sp³-hybridized carbons (Fsp3) is 0.0455. The molecule has 0 unspecified atom stereocenters. The zero-order valence-corrected chi connectivity index (χ0v) is 15.3. The van der Waals surface area contributed by atoms with E-state index >= 15 is 0 Å². The number of nitrogen functional groups attached to an aromatic ring is 1. The second-order valence-electron chi connectivity index (χ2n) is 6.15. The van der Waals surface area contributed by atoms with Gasteiger partial charge in [0.1, 0.15) is 0 Å². The lowest BCUT2D eigenvalue weighted by atomic mass is 9.95. The molecule has 4 aromatic rings. The maximum Gasteiger partial charge on any atom is 0.0635 e. The van der Waals surface area contributed by atoms with E-state index in [1.54, 1.807) is 11.8 Å². The molecular weight excluding hydrogens is 338 g/mol. The molecule has 0 bridgehead atoms. The number of benzene rings is 2. The average Bonchev–Trinajstić information content (AvgIpc) is 3.00. The molecule has 0 fully saturated rings. The summed E-state index contributed by atoms with van der Waals surface area (Å²) in [6.07, 6.45) is 7.65. The Morgan fingerprint density at radius 1 is 0.846 bits per heavy atom. The van der Waals surface area contributed by atoms with Crippen molar-refractivity contribution in [2.24, 2.45) is 7.05 Å². The molecular formula is C22H19N3S. The second kappa shape index (κ2) is 7.10. The summed E-state index contributed by atoms with van der Waals surface area (Å²) in [4.78, 5) is 6.38. The molecule has 2 aromatic heterocycles. The van der Waals surface area contributed by atoms with Crippen LogP contribution in [-0.2, 0) is 7.05 Å². The third-order valence-corrected chi connectivity index (χ3v) is 5.29. The van der Waals surface area contributed by atoms with Crippen LogP contribution in [-0.4, -0.2) is 9.55 Å². The van der Waals surface area contributed by atoms with Gasteiger partial charge in [0, 0.05) is 36.7 Å². The third-order valence-electron chi connectivity index (χ3n) is 4.24. The Morgan fingerprint density at radius 3 is 2.27 bits per heavy atom. The minimum absolute atomic E-state index is 0.803. The lowest BCUT2D eigenvalue weighted by Gasteiger charge is -2.12. The molecule has 4 heteroatoms. The largest absolute Gasteiger partial charge is 0.397 e. The predicted molar refractivity (Wildman–Crippen MR) is 109 cm³/mol. The Labute approximate surface area is 157 Å². The number of hydrogen-bond donors (Lipinski definition) is 1. The van der Waals surface area contributed by atoms with E-state index in [1.807, 2.05) is 48.4 Å². The maximum absolute atomic E-state index is 6.11.